The summed E-state index contributed by atoms with van der Waals surface area (Å²) in [5.74, 6) is -0.741. The number of aromatic nitrogens is 2. The van der Waals surface area contributed by atoms with Gasteiger partial charge in [-0.15, -0.1) is 5.10 Å². The van der Waals surface area contributed by atoms with Crippen LogP contribution in [-0.2, 0) is 10.0 Å². The third-order valence-electron chi connectivity index (χ3n) is 3.58. The Kier molecular flexibility index (Phi) is 4.83. The molecule has 0 N–H and O–H groups in total. The third kappa shape index (κ3) is 3.42. The molecule has 1 saturated heterocycles. The quantitative estimate of drug-likeness (QED) is 0.751. The average Bonchev–Trinajstić information content (AvgIpc) is 3.06. The van der Waals surface area contributed by atoms with Gasteiger partial charge in [-0.1, -0.05) is 21.0 Å². The number of hydrogen-bond donors (Lipinski definition) is 0. The first kappa shape index (κ1) is 17.2. The van der Waals surface area contributed by atoms with Gasteiger partial charge in [0.15, 0.2) is 0 Å². The number of benzene rings is 1. The average molecular weight is 423 g/mol. The van der Waals surface area contributed by atoms with E-state index in [9.17, 15) is 17.2 Å². The molecule has 130 valence electrons. The Hall–Kier alpha value is -1.59. The summed E-state index contributed by atoms with van der Waals surface area (Å²) in [7, 11) is -3.59. The Morgan fingerprint density at radius 1 is 1.08 bits per heavy atom. The molecule has 0 saturated carbocycles. The lowest BCUT2D eigenvalue weighted by molar-refractivity contribution is 0.115. The number of sulfonamides is 1. The fourth-order valence-electron chi connectivity index (χ4n) is 2.32. The lowest BCUT2D eigenvalue weighted by atomic mass is 10.4. The zero-order valence-electron chi connectivity index (χ0n) is 12.3. The molecular weight excluding hydrogens is 410 g/mol. The standard InChI is InChI=1S/C13H13BrF2N4O3S/c14-9-1-3-10(4-2-9)24(21,22)20-7-5-19(6-8-20)13-18-17-12(23-13)11(15)16/h1-4,11H,5-8H2. The molecule has 0 bridgehead atoms. The van der Waals surface area contributed by atoms with Gasteiger partial charge in [0.1, 0.15) is 0 Å². The van der Waals surface area contributed by atoms with E-state index in [0.717, 1.165) is 4.47 Å². The number of halogens is 3. The van der Waals surface area contributed by atoms with Crippen molar-refractivity contribution in [2.75, 3.05) is 31.1 Å². The van der Waals surface area contributed by atoms with Crippen LogP contribution >= 0.6 is 15.9 Å². The highest BCUT2D eigenvalue weighted by atomic mass is 79.9. The minimum Gasteiger partial charge on any atom is -0.402 e. The van der Waals surface area contributed by atoms with Crippen LogP contribution in [0.15, 0.2) is 38.1 Å². The highest BCUT2D eigenvalue weighted by molar-refractivity contribution is 9.10. The maximum absolute atomic E-state index is 12.6. The summed E-state index contributed by atoms with van der Waals surface area (Å²) in [6, 6.07) is 6.35. The van der Waals surface area contributed by atoms with E-state index >= 15 is 0 Å². The maximum atomic E-state index is 12.6. The largest absolute Gasteiger partial charge is 0.402 e. The number of piperazine rings is 1. The van der Waals surface area contributed by atoms with E-state index in [-0.39, 0.29) is 37.1 Å². The van der Waals surface area contributed by atoms with Crippen molar-refractivity contribution in [3.8, 4) is 0 Å². The molecule has 0 unspecified atom stereocenters. The molecule has 0 atom stereocenters. The van der Waals surface area contributed by atoms with Gasteiger partial charge in [0, 0.05) is 30.7 Å². The molecule has 1 aromatic heterocycles. The van der Waals surface area contributed by atoms with Crippen molar-refractivity contribution < 1.29 is 21.6 Å². The van der Waals surface area contributed by atoms with Crippen molar-refractivity contribution in [3.63, 3.8) is 0 Å². The van der Waals surface area contributed by atoms with E-state index in [0.29, 0.717) is 0 Å². The second-order valence-electron chi connectivity index (χ2n) is 5.07. The lowest BCUT2D eigenvalue weighted by Gasteiger charge is -2.32. The first-order valence-corrected chi connectivity index (χ1v) is 9.23. The second kappa shape index (κ2) is 6.73. The zero-order valence-corrected chi connectivity index (χ0v) is 14.7. The first-order valence-electron chi connectivity index (χ1n) is 7.00. The van der Waals surface area contributed by atoms with Gasteiger partial charge in [-0.3, -0.25) is 0 Å². The molecule has 24 heavy (non-hydrogen) atoms. The van der Waals surface area contributed by atoms with Crippen molar-refractivity contribution in [2.24, 2.45) is 0 Å². The summed E-state index contributed by atoms with van der Waals surface area (Å²) in [6.07, 6.45) is -2.83. The monoisotopic (exact) mass is 422 g/mol. The zero-order chi connectivity index (χ0) is 17.3. The number of alkyl halides is 2. The SMILES string of the molecule is O=S(=O)(c1ccc(Br)cc1)N1CCN(c2nnc(C(F)F)o2)CC1. The number of anilines is 1. The van der Waals surface area contributed by atoms with Crippen LogP contribution in [0.25, 0.3) is 0 Å². The molecule has 7 nitrogen and oxygen atoms in total. The summed E-state index contributed by atoms with van der Waals surface area (Å²) < 4.78 is 57.1. The van der Waals surface area contributed by atoms with Gasteiger partial charge >= 0.3 is 12.4 Å². The Morgan fingerprint density at radius 3 is 2.25 bits per heavy atom. The van der Waals surface area contributed by atoms with E-state index in [1.54, 1.807) is 17.0 Å². The highest BCUT2D eigenvalue weighted by Gasteiger charge is 2.30. The van der Waals surface area contributed by atoms with Crippen LogP contribution in [0.2, 0.25) is 0 Å². The minimum atomic E-state index is -3.59. The Bertz CT molecular complexity index is 805. The van der Waals surface area contributed by atoms with Crippen LogP contribution in [0.4, 0.5) is 14.8 Å². The second-order valence-corrected chi connectivity index (χ2v) is 7.92. The summed E-state index contributed by atoms with van der Waals surface area (Å²) in [5.41, 5.74) is 0. The Labute approximate surface area is 145 Å². The Balaban J connectivity index is 1.68. The summed E-state index contributed by atoms with van der Waals surface area (Å²) in [6.45, 7) is 0.955. The van der Waals surface area contributed by atoms with E-state index in [2.05, 4.69) is 26.1 Å². The van der Waals surface area contributed by atoms with E-state index < -0.39 is 22.3 Å². The number of rotatable bonds is 4. The molecule has 0 amide bonds. The fraction of sp³-hybridized carbons (Fsp3) is 0.385. The van der Waals surface area contributed by atoms with Crippen molar-refractivity contribution in [3.05, 3.63) is 34.6 Å². The summed E-state index contributed by atoms with van der Waals surface area (Å²) >= 11 is 3.26. The van der Waals surface area contributed by atoms with Crippen LogP contribution in [-0.4, -0.2) is 49.1 Å². The molecule has 1 aliphatic rings. The molecule has 0 aliphatic carbocycles. The van der Waals surface area contributed by atoms with Crippen LogP contribution in [0.3, 0.4) is 0 Å². The van der Waals surface area contributed by atoms with Gasteiger partial charge in [0.2, 0.25) is 10.0 Å². The topological polar surface area (TPSA) is 79.5 Å². The third-order valence-corrected chi connectivity index (χ3v) is 6.02. The molecule has 1 aliphatic heterocycles. The van der Waals surface area contributed by atoms with Crippen molar-refractivity contribution in [1.82, 2.24) is 14.5 Å². The smallest absolute Gasteiger partial charge is 0.318 e. The fourth-order valence-corrected chi connectivity index (χ4v) is 4.00. The number of nitrogens with zero attached hydrogens (tertiary/aromatic N) is 4. The van der Waals surface area contributed by atoms with Gasteiger partial charge in [-0.05, 0) is 24.3 Å². The molecule has 2 heterocycles. The molecule has 3 rings (SSSR count). The highest BCUT2D eigenvalue weighted by Crippen LogP contribution is 2.24. The number of hydrogen-bond acceptors (Lipinski definition) is 6. The predicted octanol–water partition coefficient (Wildman–Crippen LogP) is 2.28. The lowest BCUT2D eigenvalue weighted by Crippen LogP contribution is -2.48. The molecule has 1 aromatic carbocycles. The van der Waals surface area contributed by atoms with Gasteiger partial charge in [0.25, 0.3) is 5.89 Å². The molecule has 11 heteroatoms. The molecular formula is C13H13BrF2N4O3S. The van der Waals surface area contributed by atoms with E-state index in [1.807, 2.05) is 0 Å². The molecule has 1 fully saturated rings. The predicted molar refractivity (Wildman–Crippen MR) is 84.4 cm³/mol. The van der Waals surface area contributed by atoms with Gasteiger partial charge in [0.05, 0.1) is 4.90 Å². The first-order chi connectivity index (χ1) is 11.4. The summed E-state index contributed by atoms with van der Waals surface area (Å²) in [5, 5.41) is 6.84. The van der Waals surface area contributed by atoms with E-state index in [1.165, 1.54) is 16.4 Å². The normalized spacial score (nSPS) is 16.8. The van der Waals surface area contributed by atoms with Gasteiger partial charge in [-0.2, -0.15) is 13.1 Å². The van der Waals surface area contributed by atoms with Gasteiger partial charge in [-0.25, -0.2) is 8.42 Å². The van der Waals surface area contributed by atoms with Crippen LogP contribution < -0.4 is 4.90 Å². The van der Waals surface area contributed by atoms with E-state index in [4.69, 9.17) is 4.42 Å². The van der Waals surface area contributed by atoms with Crippen LogP contribution in [0.5, 0.6) is 0 Å². The minimum absolute atomic E-state index is 0.0222. The molecule has 2 aromatic rings. The Morgan fingerprint density at radius 2 is 1.71 bits per heavy atom. The van der Waals surface area contributed by atoms with Crippen LogP contribution in [0.1, 0.15) is 12.3 Å². The van der Waals surface area contributed by atoms with Crippen molar-refractivity contribution in [2.45, 2.75) is 11.3 Å². The molecule has 0 radical (unpaired) electrons. The summed E-state index contributed by atoms with van der Waals surface area (Å²) in [4.78, 5) is 1.80. The molecule has 0 spiro atoms. The maximum Gasteiger partial charge on any atom is 0.318 e. The van der Waals surface area contributed by atoms with Crippen LogP contribution in [0, 0.1) is 0 Å². The van der Waals surface area contributed by atoms with Crippen molar-refractivity contribution in [1.29, 1.82) is 0 Å². The van der Waals surface area contributed by atoms with Gasteiger partial charge < -0.3 is 9.32 Å². The van der Waals surface area contributed by atoms with Crippen molar-refractivity contribution >= 4 is 32.0 Å².